The summed E-state index contributed by atoms with van der Waals surface area (Å²) in [6.07, 6.45) is -18.6. The van der Waals surface area contributed by atoms with Crippen LogP contribution in [0.2, 0.25) is 18.1 Å². The standard InChI is InChI=1S/C22H30F6O4Si/c1-6-33(7-2,8-3)32-18(16-12-10-9-11-13-16)14(4)17(29)15(5)19(30)31-20(21(23,24)25)22(26,27)28/h9-14,17-18,20,29H,5-8H2,1-4H3/t14-,17+,18-/m0/s1. The van der Waals surface area contributed by atoms with E-state index in [0.717, 1.165) is 18.1 Å². The van der Waals surface area contributed by atoms with Gasteiger partial charge in [-0.1, -0.05) is 64.6 Å². The van der Waals surface area contributed by atoms with Crippen LogP contribution in [0.15, 0.2) is 42.5 Å². The summed E-state index contributed by atoms with van der Waals surface area (Å²) in [6, 6.07) is 11.0. The van der Waals surface area contributed by atoms with Gasteiger partial charge in [-0.05, 0) is 23.7 Å². The van der Waals surface area contributed by atoms with Gasteiger partial charge in [-0.25, -0.2) is 4.79 Å². The Morgan fingerprint density at radius 3 is 1.85 bits per heavy atom. The number of carbonyl (C=O) groups excluding carboxylic acids is 1. The van der Waals surface area contributed by atoms with Crippen molar-refractivity contribution in [2.45, 2.75) is 76.5 Å². The van der Waals surface area contributed by atoms with E-state index < -0.39 is 56.4 Å². The van der Waals surface area contributed by atoms with Crippen molar-refractivity contribution in [1.29, 1.82) is 0 Å². The number of aliphatic hydroxyl groups is 1. The molecule has 1 rings (SSSR count). The van der Waals surface area contributed by atoms with Crippen molar-refractivity contribution in [3.63, 3.8) is 0 Å². The number of hydrogen-bond acceptors (Lipinski definition) is 4. The minimum atomic E-state index is -5.87. The number of aliphatic hydroxyl groups excluding tert-OH is 1. The molecule has 11 heteroatoms. The van der Waals surface area contributed by atoms with Crippen molar-refractivity contribution in [3.8, 4) is 0 Å². The molecule has 33 heavy (non-hydrogen) atoms. The SMILES string of the molecule is C=C(C(=O)OC(C(F)(F)F)C(F)(F)F)[C@H](O)[C@H](C)[C@H](O[Si](CC)(CC)CC)c1ccccc1. The Morgan fingerprint density at radius 1 is 1.00 bits per heavy atom. The maximum absolute atomic E-state index is 12.7. The van der Waals surface area contributed by atoms with Crippen LogP contribution in [0.3, 0.4) is 0 Å². The molecule has 0 heterocycles. The van der Waals surface area contributed by atoms with Gasteiger partial charge in [0.25, 0.3) is 6.10 Å². The van der Waals surface area contributed by atoms with E-state index in [0.29, 0.717) is 5.56 Å². The Kier molecular flexibility index (Phi) is 10.2. The summed E-state index contributed by atoms with van der Waals surface area (Å²) in [5, 5.41) is 10.7. The van der Waals surface area contributed by atoms with Crippen LogP contribution in [0, 0.1) is 5.92 Å². The highest BCUT2D eigenvalue weighted by atomic mass is 28.4. The number of carbonyl (C=O) groups is 1. The summed E-state index contributed by atoms with van der Waals surface area (Å²) >= 11 is 0. The van der Waals surface area contributed by atoms with Gasteiger partial charge in [0.1, 0.15) is 0 Å². The summed E-state index contributed by atoms with van der Waals surface area (Å²) in [6.45, 7) is 10.7. The fraction of sp³-hybridized carbons (Fsp3) is 0.591. The number of alkyl halides is 6. The zero-order valence-electron chi connectivity index (χ0n) is 19.0. The molecule has 1 aromatic carbocycles. The molecule has 0 radical (unpaired) electrons. The third-order valence-corrected chi connectivity index (χ3v) is 10.5. The molecule has 0 amide bonds. The van der Waals surface area contributed by atoms with Gasteiger partial charge < -0.3 is 14.3 Å². The Balaban J connectivity index is 3.20. The van der Waals surface area contributed by atoms with Gasteiger partial charge in [0.05, 0.1) is 17.8 Å². The molecule has 3 atom stereocenters. The van der Waals surface area contributed by atoms with E-state index in [4.69, 9.17) is 4.43 Å². The number of esters is 1. The molecule has 0 aliphatic carbocycles. The van der Waals surface area contributed by atoms with Crippen LogP contribution in [0.4, 0.5) is 26.3 Å². The van der Waals surface area contributed by atoms with Crippen LogP contribution in [0.5, 0.6) is 0 Å². The lowest BCUT2D eigenvalue weighted by Gasteiger charge is -2.38. The van der Waals surface area contributed by atoms with Crippen molar-refractivity contribution in [1.82, 2.24) is 0 Å². The minimum absolute atomic E-state index is 0.654. The largest absolute Gasteiger partial charge is 0.439 e. The van der Waals surface area contributed by atoms with Crippen molar-refractivity contribution in [3.05, 3.63) is 48.0 Å². The Morgan fingerprint density at radius 2 is 1.45 bits per heavy atom. The highest BCUT2D eigenvalue weighted by molar-refractivity contribution is 6.73. The van der Waals surface area contributed by atoms with Crippen molar-refractivity contribution in [2.24, 2.45) is 5.92 Å². The second kappa shape index (κ2) is 11.5. The van der Waals surface area contributed by atoms with Crippen LogP contribution < -0.4 is 0 Å². The number of halogens is 6. The lowest BCUT2D eigenvalue weighted by Crippen LogP contribution is -2.46. The molecule has 1 aromatic rings. The maximum atomic E-state index is 12.7. The highest BCUT2D eigenvalue weighted by Gasteiger charge is 2.60. The molecule has 0 aromatic heterocycles. The monoisotopic (exact) mass is 500 g/mol. The zero-order chi connectivity index (χ0) is 25.6. The first kappa shape index (κ1) is 29.2. The van der Waals surface area contributed by atoms with E-state index in [-0.39, 0.29) is 0 Å². The van der Waals surface area contributed by atoms with Gasteiger partial charge in [-0.2, -0.15) is 26.3 Å². The fourth-order valence-electron chi connectivity index (χ4n) is 3.50. The van der Waals surface area contributed by atoms with Crippen molar-refractivity contribution < 1.29 is 45.4 Å². The summed E-state index contributed by atoms with van der Waals surface area (Å²) in [7, 11) is -2.26. The predicted molar refractivity (Wildman–Crippen MR) is 114 cm³/mol. The fourth-order valence-corrected chi connectivity index (χ4v) is 6.39. The molecule has 0 saturated carbocycles. The van der Waals surface area contributed by atoms with Crippen LogP contribution in [-0.4, -0.2) is 44.0 Å². The van der Waals surface area contributed by atoms with E-state index >= 15 is 0 Å². The lowest BCUT2D eigenvalue weighted by molar-refractivity contribution is -0.312. The van der Waals surface area contributed by atoms with Gasteiger partial charge in [0, 0.05) is 5.92 Å². The summed E-state index contributed by atoms with van der Waals surface area (Å²) in [5.41, 5.74) is -0.261. The second-order valence-corrected chi connectivity index (χ2v) is 12.6. The first-order valence-electron chi connectivity index (χ1n) is 10.6. The minimum Gasteiger partial charge on any atom is -0.439 e. The van der Waals surface area contributed by atoms with E-state index in [9.17, 15) is 36.2 Å². The predicted octanol–water partition coefficient (Wildman–Crippen LogP) is 6.34. The Labute approximate surface area is 190 Å². The third kappa shape index (κ3) is 7.58. The van der Waals surface area contributed by atoms with Gasteiger partial charge in [0.15, 0.2) is 8.32 Å². The summed E-state index contributed by atoms with van der Waals surface area (Å²) < 4.78 is 86.7. The molecule has 0 saturated heterocycles. The normalized spacial score (nSPS) is 15.8. The maximum Gasteiger partial charge on any atom is 0.434 e. The van der Waals surface area contributed by atoms with Crippen molar-refractivity contribution in [2.75, 3.05) is 0 Å². The zero-order valence-corrected chi connectivity index (χ0v) is 20.0. The number of hydrogen-bond donors (Lipinski definition) is 1. The molecule has 0 spiro atoms. The third-order valence-electron chi connectivity index (χ3n) is 5.85. The summed E-state index contributed by atoms with van der Waals surface area (Å²) in [4.78, 5) is 12.1. The molecular formula is C22H30F6O4Si. The molecule has 0 fully saturated rings. The molecule has 0 unspecified atom stereocenters. The van der Waals surface area contributed by atoms with E-state index in [1.807, 2.05) is 20.8 Å². The smallest absolute Gasteiger partial charge is 0.434 e. The average molecular weight is 501 g/mol. The van der Waals surface area contributed by atoms with Crippen LogP contribution >= 0.6 is 0 Å². The van der Waals surface area contributed by atoms with Gasteiger partial charge in [0.2, 0.25) is 0 Å². The first-order valence-corrected chi connectivity index (χ1v) is 13.1. The average Bonchev–Trinajstić information content (AvgIpc) is 2.76. The Bertz CT molecular complexity index is 755. The number of rotatable bonds is 11. The molecule has 0 bridgehead atoms. The topological polar surface area (TPSA) is 55.8 Å². The molecule has 188 valence electrons. The molecule has 0 aliphatic rings. The molecular weight excluding hydrogens is 470 g/mol. The van der Waals surface area contributed by atoms with Gasteiger partial charge >= 0.3 is 18.3 Å². The Hall–Kier alpha value is -1.85. The van der Waals surface area contributed by atoms with E-state index in [1.54, 1.807) is 30.3 Å². The first-order chi connectivity index (χ1) is 15.1. The lowest BCUT2D eigenvalue weighted by atomic mass is 9.89. The molecule has 1 N–H and O–H groups in total. The highest BCUT2D eigenvalue weighted by Crippen LogP contribution is 2.39. The van der Waals surface area contributed by atoms with Gasteiger partial charge in [-0.3, -0.25) is 0 Å². The second-order valence-electron chi connectivity index (χ2n) is 7.89. The summed E-state index contributed by atoms with van der Waals surface area (Å²) in [5.74, 6) is -2.90. The van der Waals surface area contributed by atoms with Gasteiger partial charge in [-0.15, -0.1) is 0 Å². The quantitative estimate of drug-likeness (QED) is 0.167. The number of ether oxygens (including phenoxy) is 1. The van der Waals surface area contributed by atoms with E-state index in [1.165, 1.54) is 6.92 Å². The van der Waals surface area contributed by atoms with Crippen LogP contribution in [-0.2, 0) is 14.0 Å². The molecule has 4 nitrogen and oxygen atoms in total. The molecule has 0 aliphatic heterocycles. The van der Waals surface area contributed by atoms with E-state index in [2.05, 4.69) is 11.3 Å². The number of benzene rings is 1. The van der Waals surface area contributed by atoms with Crippen LogP contribution in [0.25, 0.3) is 0 Å². The van der Waals surface area contributed by atoms with Crippen LogP contribution in [0.1, 0.15) is 39.4 Å². The van der Waals surface area contributed by atoms with Crippen molar-refractivity contribution >= 4 is 14.3 Å².